The molecule has 0 amide bonds. The van der Waals surface area contributed by atoms with E-state index < -0.39 is 0 Å². The highest BCUT2D eigenvalue weighted by Crippen LogP contribution is 2.23. The van der Waals surface area contributed by atoms with Gasteiger partial charge in [-0.3, -0.25) is 0 Å². The molecule has 0 radical (unpaired) electrons. The summed E-state index contributed by atoms with van der Waals surface area (Å²) in [7, 11) is 0. The van der Waals surface area contributed by atoms with Gasteiger partial charge in [0.25, 0.3) is 0 Å². The van der Waals surface area contributed by atoms with Crippen molar-refractivity contribution in [3.8, 4) is 0 Å². The quantitative estimate of drug-likeness (QED) is 0.588. The maximum Gasteiger partial charge on any atom is 0.171 e. The Kier molecular flexibility index (Phi) is 2.61. The normalized spacial score (nSPS) is 23.1. The second-order valence-electron chi connectivity index (χ2n) is 3.08. The highest BCUT2D eigenvalue weighted by molar-refractivity contribution is 7.81. The van der Waals surface area contributed by atoms with E-state index in [2.05, 4.69) is 12.6 Å². The molecule has 1 rings (SSSR count). The van der Waals surface area contributed by atoms with Gasteiger partial charge >= 0.3 is 0 Å². The van der Waals surface area contributed by atoms with Gasteiger partial charge in [-0.2, -0.15) is 12.6 Å². The van der Waals surface area contributed by atoms with Crippen molar-refractivity contribution in [3.05, 3.63) is 0 Å². The molecule has 1 heterocycles. The Morgan fingerprint density at radius 1 is 1.30 bits per heavy atom. The topological polar surface area (TPSA) is 18.5 Å². The summed E-state index contributed by atoms with van der Waals surface area (Å²) in [5.74, 6) is 0. The monoisotopic (exact) mass is 162 g/mol. The van der Waals surface area contributed by atoms with E-state index in [9.17, 15) is 0 Å². The lowest BCUT2D eigenvalue weighted by atomic mass is 10.2. The smallest absolute Gasteiger partial charge is 0.171 e. The van der Waals surface area contributed by atoms with Gasteiger partial charge in [0, 0.05) is 0 Å². The molecule has 1 saturated heterocycles. The molecule has 0 spiro atoms. The molecule has 0 aromatic carbocycles. The van der Waals surface area contributed by atoms with Crippen molar-refractivity contribution in [3.63, 3.8) is 0 Å². The Labute approximate surface area is 67.3 Å². The van der Waals surface area contributed by atoms with E-state index in [1.165, 1.54) is 0 Å². The zero-order valence-corrected chi connectivity index (χ0v) is 7.36. The van der Waals surface area contributed by atoms with E-state index in [1.54, 1.807) is 0 Å². The Morgan fingerprint density at radius 3 is 2.10 bits per heavy atom. The molecule has 3 heteroatoms. The Balaban J connectivity index is 2.39. The van der Waals surface area contributed by atoms with Crippen molar-refractivity contribution in [2.75, 3.05) is 13.2 Å². The summed E-state index contributed by atoms with van der Waals surface area (Å²) in [6, 6.07) is 0. The van der Waals surface area contributed by atoms with Gasteiger partial charge in [-0.1, -0.05) is 0 Å². The van der Waals surface area contributed by atoms with Crippen LogP contribution in [-0.4, -0.2) is 24.3 Å². The first-order valence-electron chi connectivity index (χ1n) is 3.56. The Bertz CT molecular complexity index is 103. The van der Waals surface area contributed by atoms with Crippen LogP contribution in [0.4, 0.5) is 0 Å². The zero-order chi connectivity index (χ0) is 7.61. The van der Waals surface area contributed by atoms with Crippen molar-refractivity contribution < 1.29 is 9.47 Å². The van der Waals surface area contributed by atoms with Crippen molar-refractivity contribution in [2.45, 2.75) is 31.3 Å². The van der Waals surface area contributed by atoms with Crippen LogP contribution < -0.4 is 0 Å². The number of ether oxygens (including phenoxy) is 2. The molecule has 2 nitrogen and oxygen atoms in total. The van der Waals surface area contributed by atoms with Crippen molar-refractivity contribution in [1.29, 1.82) is 0 Å². The molecule has 10 heavy (non-hydrogen) atoms. The first kappa shape index (κ1) is 8.37. The molecule has 0 unspecified atom stereocenters. The van der Waals surface area contributed by atoms with Gasteiger partial charge < -0.3 is 9.47 Å². The summed E-state index contributed by atoms with van der Waals surface area (Å²) < 4.78 is 10.5. The molecule has 1 fully saturated rings. The van der Waals surface area contributed by atoms with Gasteiger partial charge in [-0.05, 0) is 20.3 Å². The summed E-state index contributed by atoms with van der Waals surface area (Å²) in [4.78, 5) is 0. The molecule has 60 valence electrons. The first-order valence-corrected chi connectivity index (χ1v) is 4.01. The number of hydrogen-bond acceptors (Lipinski definition) is 3. The highest BCUT2D eigenvalue weighted by atomic mass is 32.1. The van der Waals surface area contributed by atoms with Gasteiger partial charge in [-0.15, -0.1) is 0 Å². The van der Waals surface area contributed by atoms with Crippen LogP contribution in [0.2, 0.25) is 0 Å². The minimum absolute atomic E-state index is 0.135. The van der Waals surface area contributed by atoms with Crippen LogP contribution in [-0.2, 0) is 9.47 Å². The molecule has 1 aliphatic heterocycles. The first-order chi connectivity index (χ1) is 4.61. The highest BCUT2D eigenvalue weighted by Gasteiger charge is 2.28. The third kappa shape index (κ3) is 2.15. The van der Waals surface area contributed by atoms with Crippen LogP contribution in [0.1, 0.15) is 20.3 Å². The minimum atomic E-state index is -0.180. The third-order valence-corrected chi connectivity index (χ3v) is 1.61. The second-order valence-corrected chi connectivity index (χ2v) is 4.23. The molecule has 0 N–H and O–H groups in total. The molecule has 0 aliphatic carbocycles. The summed E-state index contributed by atoms with van der Waals surface area (Å²) in [6.45, 7) is 5.58. The van der Waals surface area contributed by atoms with Gasteiger partial charge in [0.2, 0.25) is 0 Å². The van der Waals surface area contributed by atoms with E-state index in [4.69, 9.17) is 9.47 Å². The van der Waals surface area contributed by atoms with Crippen molar-refractivity contribution in [1.82, 2.24) is 0 Å². The lowest BCUT2D eigenvalue weighted by Gasteiger charge is -2.32. The minimum Gasteiger partial charge on any atom is -0.351 e. The molecule has 0 bridgehead atoms. The second kappa shape index (κ2) is 3.11. The Hall–Kier alpha value is 0.270. The molecule has 0 saturated carbocycles. The van der Waals surface area contributed by atoms with Gasteiger partial charge in [0.1, 0.15) is 0 Å². The molecule has 1 aliphatic rings. The summed E-state index contributed by atoms with van der Waals surface area (Å²) in [6.07, 6.45) is 0.866. The lowest BCUT2D eigenvalue weighted by Crippen LogP contribution is -2.39. The summed E-state index contributed by atoms with van der Waals surface area (Å²) >= 11 is 4.35. The third-order valence-electron chi connectivity index (χ3n) is 1.40. The maximum atomic E-state index is 5.34. The fraction of sp³-hybridized carbons (Fsp3) is 1.00. The SMILES string of the molecule is CC(C)(S)C1OCCCO1. The molecular weight excluding hydrogens is 148 g/mol. The van der Waals surface area contributed by atoms with Crippen LogP contribution >= 0.6 is 12.6 Å². The predicted octanol–water partition coefficient (Wildman–Crippen LogP) is 1.46. The lowest BCUT2D eigenvalue weighted by molar-refractivity contribution is -0.190. The standard InChI is InChI=1S/C7H14O2S/c1-7(2,10)6-8-4-3-5-9-6/h6,10H,3-5H2,1-2H3. The predicted molar refractivity (Wildman–Crippen MR) is 43.4 cm³/mol. The number of hydrogen-bond donors (Lipinski definition) is 1. The van der Waals surface area contributed by atoms with E-state index in [-0.39, 0.29) is 11.0 Å². The van der Waals surface area contributed by atoms with E-state index >= 15 is 0 Å². The van der Waals surface area contributed by atoms with Crippen LogP contribution in [0.15, 0.2) is 0 Å². The maximum absolute atomic E-state index is 5.34. The summed E-state index contributed by atoms with van der Waals surface area (Å²) in [5.41, 5.74) is 0. The fourth-order valence-corrected chi connectivity index (χ4v) is 1.04. The molecule has 0 aromatic heterocycles. The van der Waals surface area contributed by atoms with Crippen molar-refractivity contribution in [2.24, 2.45) is 0 Å². The average Bonchev–Trinajstić information content (AvgIpc) is 1.88. The Morgan fingerprint density at radius 2 is 1.80 bits per heavy atom. The van der Waals surface area contributed by atoms with Crippen LogP contribution in [0.3, 0.4) is 0 Å². The van der Waals surface area contributed by atoms with E-state index in [0.717, 1.165) is 19.6 Å². The van der Waals surface area contributed by atoms with Gasteiger partial charge in [0.05, 0.1) is 18.0 Å². The van der Waals surface area contributed by atoms with E-state index in [0.29, 0.717) is 0 Å². The fourth-order valence-electron chi connectivity index (χ4n) is 0.896. The number of rotatable bonds is 1. The van der Waals surface area contributed by atoms with Gasteiger partial charge in [-0.25, -0.2) is 0 Å². The van der Waals surface area contributed by atoms with Crippen LogP contribution in [0, 0.1) is 0 Å². The number of thiol groups is 1. The van der Waals surface area contributed by atoms with Crippen LogP contribution in [0.5, 0.6) is 0 Å². The molecule has 0 atom stereocenters. The molecule has 0 aromatic rings. The van der Waals surface area contributed by atoms with Crippen molar-refractivity contribution >= 4 is 12.6 Å². The zero-order valence-electron chi connectivity index (χ0n) is 6.46. The van der Waals surface area contributed by atoms with E-state index in [1.807, 2.05) is 13.8 Å². The average molecular weight is 162 g/mol. The largest absolute Gasteiger partial charge is 0.351 e. The van der Waals surface area contributed by atoms with Gasteiger partial charge in [0.15, 0.2) is 6.29 Å². The summed E-state index contributed by atoms with van der Waals surface area (Å²) in [5, 5.41) is 0. The van der Waals surface area contributed by atoms with Crippen LogP contribution in [0.25, 0.3) is 0 Å². The molecular formula is C7H14O2S.